The van der Waals surface area contributed by atoms with Crippen LogP contribution in [0.1, 0.15) is 33.6 Å². The standard InChI is InChI=1S/C14H21NO2/c1-5-11-17-14(16)15-10-9-13(4)8-6-7-12(2)3/h1,7,9H,6,8,10-11H2,2-4H3,(H,15,16)/b13-9-. The molecule has 0 aromatic rings. The van der Waals surface area contributed by atoms with Gasteiger partial charge in [0, 0.05) is 6.54 Å². The van der Waals surface area contributed by atoms with Gasteiger partial charge in [-0.1, -0.05) is 29.2 Å². The minimum Gasteiger partial charge on any atom is -0.436 e. The molecule has 0 aliphatic rings. The fourth-order valence-corrected chi connectivity index (χ4v) is 1.16. The SMILES string of the molecule is C#CCOC(=O)NC/C=C(/C)CCC=C(C)C. The van der Waals surface area contributed by atoms with Crippen LogP contribution in [0, 0.1) is 12.3 Å². The molecule has 0 unspecified atom stereocenters. The van der Waals surface area contributed by atoms with Crippen molar-refractivity contribution in [2.45, 2.75) is 33.6 Å². The first-order valence-corrected chi connectivity index (χ1v) is 5.69. The highest BCUT2D eigenvalue weighted by molar-refractivity contribution is 5.67. The van der Waals surface area contributed by atoms with Crippen LogP contribution in [0.3, 0.4) is 0 Å². The van der Waals surface area contributed by atoms with Gasteiger partial charge in [0.15, 0.2) is 6.61 Å². The Kier molecular flexibility index (Phi) is 8.58. The molecule has 0 saturated carbocycles. The number of hydrogen-bond donors (Lipinski definition) is 1. The fraction of sp³-hybridized carbons (Fsp3) is 0.500. The van der Waals surface area contributed by atoms with Crippen LogP contribution >= 0.6 is 0 Å². The summed E-state index contributed by atoms with van der Waals surface area (Å²) in [5.41, 5.74) is 2.58. The number of alkyl carbamates (subject to hydrolysis) is 1. The Balaban J connectivity index is 3.73. The number of hydrogen-bond acceptors (Lipinski definition) is 2. The van der Waals surface area contributed by atoms with Gasteiger partial charge in [0.2, 0.25) is 0 Å². The molecule has 1 N–H and O–H groups in total. The highest BCUT2D eigenvalue weighted by Crippen LogP contribution is 2.05. The van der Waals surface area contributed by atoms with Crippen LogP contribution in [0.4, 0.5) is 4.79 Å². The second kappa shape index (κ2) is 9.53. The molecule has 0 aliphatic carbocycles. The van der Waals surface area contributed by atoms with E-state index in [2.05, 4.69) is 35.9 Å². The van der Waals surface area contributed by atoms with Crippen LogP contribution in [0.2, 0.25) is 0 Å². The smallest absolute Gasteiger partial charge is 0.408 e. The highest BCUT2D eigenvalue weighted by atomic mass is 16.5. The number of rotatable bonds is 6. The van der Waals surface area contributed by atoms with Crippen LogP contribution in [-0.4, -0.2) is 19.2 Å². The zero-order valence-corrected chi connectivity index (χ0v) is 10.9. The molecule has 94 valence electrons. The summed E-state index contributed by atoms with van der Waals surface area (Å²) in [6.45, 7) is 6.70. The van der Waals surface area contributed by atoms with Gasteiger partial charge in [-0.15, -0.1) is 6.42 Å². The van der Waals surface area contributed by atoms with E-state index in [0.29, 0.717) is 6.54 Å². The van der Waals surface area contributed by atoms with E-state index >= 15 is 0 Å². The van der Waals surface area contributed by atoms with Crippen LogP contribution in [-0.2, 0) is 4.74 Å². The molecule has 0 spiro atoms. The third-order valence-electron chi connectivity index (χ3n) is 2.07. The summed E-state index contributed by atoms with van der Waals surface area (Å²) in [7, 11) is 0. The number of allylic oxidation sites excluding steroid dienone is 3. The summed E-state index contributed by atoms with van der Waals surface area (Å²) in [4.78, 5) is 11.0. The zero-order valence-electron chi connectivity index (χ0n) is 10.9. The predicted molar refractivity (Wildman–Crippen MR) is 70.6 cm³/mol. The molecule has 1 amide bonds. The number of carbonyl (C=O) groups is 1. The van der Waals surface area contributed by atoms with Crippen molar-refractivity contribution in [3.8, 4) is 12.3 Å². The summed E-state index contributed by atoms with van der Waals surface area (Å²) < 4.78 is 4.66. The van der Waals surface area contributed by atoms with Gasteiger partial charge in [-0.3, -0.25) is 0 Å². The molecule has 0 aliphatic heterocycles. The van der Waals surface area contributed by atoms with Crippen molar-refractivity contribution in [2.24, 2.45) is 0 Å². The summed E-state index contributed by atoms with van der Waals surface area (Å²) in [5, 5.41) is 2.60. The first-order chi connectivity index (χ1) is 8.06. The Morgan fingerprint density at radius 3 is 2.65 bits per heavy atom. The summed E-state index contributed by atoms with van der Waals surface area (Å²) in [6, 6.07) is 0. The molecule has 3 heteroatoms. The average Bonchev–Trinajstić information content (AvgIpc) is 2.25. The van der Waals surface area contributed by atoms with Gasteiger partial charge in [0.25, 0.3) is 0 Å². The van der Waals surface area contributed by atoms with E-state index < -0.39 is 6.09 Å². The molecule has 0 radical (unpaired) electrons. The second-order valence-electron chi connectivity index (χ2n) is 4.03. The van der Waals surface area contributed by atoms with Crippen LogP contribution in [0.5, 0.6) is 0 Å². The molecule has 0 fully saturated rings. The van der Waals surface area contributed by atoms with Crippen molar-refractivity contribution < 1.29 is 9.53 Å². The van der Waals surface area contributed by atoms with E-state index in [-0.39, 0.29) is 6.61 Å². The van der Waals surface area contributed by atoms with Crippen LogP contribution in [0.25, 0.3) is 0 Å². The zero-order chi connectivity index (χ0) is 13.1. The maximum absolute atomic E-state index is 11.0. The van der Waals surface area contributed by atoms with Gasteiger partial charge in [-0.2, -0.15) is 0 Å². The quantitative estimate of drug-likeness (QED) is 0.567. The van der Waals surface area contributed by atoms with Gasteiger partial charge in [0.1, 0.15) is 0 Å². The van der Waals surface area contributed by atoms with Crippen LogP contribution in [0.15, 0.2) is 23.3 Å². The first kappa shape index (κ1) is 15.3. The van der Waals surface area contributed by atoms with E-state index in [1.54, 1.807) is 0 Å². The monoisotopic (exact) mass is 235 g/mol. The van der Waals surface area contributed by atoms with Gasteiger partial charge in [-0.05, 0) is 33.6 Å². The lowest BCUT2D eigenvalue weighted by atomic mass is 10.1. The second-order valence-corrected chi connectivity index (χ2v) is 4.03. The molecule has 0 aromatic carbocycles. The Morgan fingerprint density at radius 2 is 2.06 bits per heavy atom. The van der Waals surface area contributed by atoms with E-state index in [9.17, 15) is 4.79 Å². The average molecular weight is 235 g/mol. The van der Waals surface area contributed by atoms with Gasteiger partial charge < -0.3 is 10.1 Å². The lowest BCUT2D eigenvalue weighted by molar-refractivity contribution is 0.161. The molecule has 0 rings (SSSR count). The van der Waals surface area contributed by atoms with Gasteiger partial charge in [-0.25, -0.2) is 4.79 Å². The normalized spacial score (nSPS) is 10.4. The molecular formula is C14H21NO2. The largest absolute Gasteiger partial charge is 0.436 e. The Labute approximate surface area is 104 Å². The molecule has 0 bridgehead atoms. The van der Waals surface area contributed by atoms with Crippen molar-refractivity contribution in [3.63, 3.8) is 0 Å². The maximum Gasteiger partial charge on any atom is 0.408 e. The molecule has 0 atom stereocenters. The molecule has 3 nitrogen and oxygen atoms in total. The number of amides is 1. The van der Waals surface area contributed by atoms with E-state index in [0.717, 1.165) is 12.8 Å². The van der Waals surface area contributed by atoms with Crippen molar-refractivity contribution in [1.29, 1.82) is 0 Å². The molecule has 0 heterocycles. The van der Waals surface area contributed by atoms with E-state index in [4.69, 9.17) is 6.42 Å². The van der Waals surface area contributed by atoms with E-state index in [1.807, 2.05) is 13.0 Å². The minimum absolute atomic E-state index is 0.00903. The highest BCUT2D eigenvalue weighted by Gasteiger charge is 1.97. The number of terminal acetylenes is 1. The minimum atomic E-state index is -0.476. The van der Waals surface area contributed by atoms with Crippen LogP contribution < -0.4 is 5.32 Å². The van der Waals surface area contributed by atoms with Crippen molar-refractivity contribution in [2.75, 3.05) is 13.2 Å². The number of ether oxygens (including phenoxy) is 1. The van der Waals surface area contributed by atoms with Gasteiger partial charge in [0.05, 0.1) is 0 Å². The summed E-state index contributed by atoms with van der Waals surface area (Å²) >= 11 is 0. The first-order valence-electron chi connectivity index (χ1n) is 5.69. The Morgan fingerprint density at radius 1 is 1.35 bits per heavy atom. The topological polar surface area (TPSA) is 38.3 Å². The Bertz CT molecular complexity index is 331. The Hall–Kier alpha value is -1.69. The fourth-order valence-electron chi connectivity index (χ4n) is 1.16. The van der Waals surface area contributed by atoms with Gasteiger partial charge >= 0.3 is 6.09 Å². The lowest BCUT2D eigenvalue weighted by Crippen LogP contribution is -2.24. The third-order valence-corrected chi connectivity index (χ3v) is 2.07. The number of nitrogens with one attached hydrogen (secondary N) is 1. The van der Waals surface area contributed by atoms with E-state index in [1.165, 1.54) is 11.1 Å². The lowest BCUT2D eigenvalue weighted by Gasteiger charge is -2.03. The molecule has 0 aromatic heterocycles. The third kappa shape index (κ3) is 10.6. The molecule has 17 heavy (non-hydrogen) atoms. The predicted octanol–water partition coefficient (Wildman–Crippen LogP) is 3.04. The summed E-state index contributed by atoms with van der Waals surface area (Å²) in [5.74, 6) is 2.23. The summed E-state index contributed by atoms with van der Waals surface area (Å²) in [6.07, 6.45) is 10.7. The van der Waals surface area contributed by atoms with Crippen molar-refractivity contribution in [1.82, 2.24) is 5.32 Å². The van der Waals surface area contributed by atoms with Crippen molar-refractivity contribution >= 4 is 6.09 Å². The molecule has 0 saturated heterocycles. The number of carbonyl (C=O) groups excluding carboxylic acids is 1. The molecular weight excluding hydrogens is 214 g/mol. The van der Waals surface area contributed by atoms with Crippen molar-refractivity contribution in [3.05, 3.63) is 23.3 Å². The maximum atomic E-state index is 11.0.